The van der Waals surface area contributed by atoms with Crippen LogP contribution in [-0.2, 0) is 11.8 Å². The molecule has 5 aliphatic carbocycles. The van der Waals surface area contributed by atoms with Crippen LogP contribution in [0.2, 0.25) is 0 Å². The lowest BCUT2D eigenvalue weighted by molar-refractivity contribution is -0.0116. The zero-order valence-corrected chi connectivity index (χ0v) is 17.0. The average Bonchev–Trinajstić information content (AvgIpc) is 2.71. The molecule has 1 aromatic carbocycles. The van der Waals surface area contributed by atoms with Gasteiger partial charge in [-0.05, 0) is 104 Å². The highest BCUT2D eigenvalue weighted by atomic mass is 16.2. The van der Waals surface area contributed by atoms with Crippen LogP contribution in [0.3, 0.4) is 0 Å². The Balaban J connectivity index is 1.12. The second-order valence-electron chi connectivity index (χ2n) is 10.7. The van der Waals surface area contributed by atoms with Crippen molar-refractivity contribution in [2.45, 2.75) is 75.7 Å². The molecule has 28 heavy (non-hydrogen) atoms. The summed E-state index contributed by atoms with van der Waals surface area (Å²) in [6, 6.07) is 9.77. The topological polar surface area (TPSA) is 32.3 Å². The molecule has 1 heterocycles. The summed E-state index contributed by atoms with van der Waals surface area (Å²) in [6.45, 7) is 1.85. The van der Waals surface area contributed by atoms with E-state index in [0.717, 1.165) is 49.6 Å². The highest BCUT2D eigenvalue weighted by Gasteiger charge is 2.49. The lowest BCUT2D eigenvalue weighted by atomic mass is 9.54. The van der Waals surface area contributed by atoms with E-state index < -0.39 is 0 Å². The van der Waals surface area contributed by atoms with E-state index in [9.17, 15) is 4.79 Å². The molecule has 2 amide bonds. The monoisotopic (exact) mass is 378 g/mol. The second-order valence-corrected chi connectivity index (χ2v) is 10.7. The van der Waals surface area contributed by atoms with Crippen LogP contribution in [0.1, 0.15) is 68.9 Å². The molecule has 1 aromatic rings. The number of carbonyl (C=O) groups is 1. The fourth-order valence-electron chi connectivity index (χ4n) is 8.06. The zero-order chi connectivity index (χ0) is 18.7. The van der Waals surface area contributed by atoms with E-state index in [-0.39, 0.29) is 6.03 Å². The molecular weight excluding hydrogens is 344 g/mol. The molecule has 0 atom stereocenters. The standard InChI is InChI=1S/C25H34N2O/c28-24(26-23-20-13-17-12-18(15-20)16-21(23)14-17)27-10-8-25(9-11-27)7-3-5-19-4-1-2-6-22(19)25/h1-2,4,6,17-18,20-21,23H,3,5,7-16H2,(H,26,28). The van der Waals surface area contributed by atoms with Gasteiger partial charge in [-0.25, -0.2) is 4.79 Å². The van der Waals surface area contributed by atoms with E-state index >= 15 is 0 Å². The smallest absolute Gasteiger partial charge is 0.317 e. The number of piperidine rings is 1. The Hall–Kier alpha value is -1.51. The lowest BCUT2D eigenvalue weighted by Crippen LogP contribution is -2.59. The van der Waals surface area contributed by atoms with Gasteiger partial charge in [-0.2, -0.15) is 0 Å². The number of carbonyl (C=O) groups excluding carboxylic acids is 1. The zero-order valence-electron chi connectivity index (χ0n) is 17.0. The maximum atomic E-state index is 13.1. The van der Waals surface area contributed by atoms with Gasteiger partial charge in [0.15, 0.2) is 0 Å². The summed E-state index contributed by atoms with van der Waals surface area (Å²) in [4.78, 5) is 15.3. The van der Waals surface area contributed by atoms with Gasteiger partial charge in [0.1, 0.15) is 0 Å². The molecule has 3 nitrogen and oxygen atoms in total. The number of fused-ring (bicyclic) bond motifs is 2. The Morgan fingerprint density at radius 2 is 1.61 bits per heavy atom. The number of rotatable bonds is 1. The molecule has 0 unspecified atom stereocenters. The van der Waals surface area contributed by atoms with Crippen LogP contribution in [0, 0.1) is 23.7 Å². The van der Waals surface area contributed by atoms with Crippen molar-refractivity contribution in [2.24, 2.45) is 23.7 Å². The van der Waals surface area contributed by atoms with Crippen LogP contribution in [0.4, 0.5) is 4.79 Å². The fourth-order valence-corrected chi connectivity index (χ4v) is 8.06. The highest BCUT2D eigenvalue weighted by Crippen LogP contribution is 2.53. The van der Waals surface area contributed by atoms with E-state index in [0.29, 0.717) is 11.5 Å². The van der Waals surface area contributed by atoms with Crippen molar-refractivity contribution < 1.29 is 4.79 Å². The van der Waals surface area contributed by atoms with Crippen molar-refractivity contribution in [1.82, 2.24) is 10.2 Å². The minimum Gasteiger partial charge on any atom is -0.335 e. The van der Waals surface area contributed by atoms with Crippen molar-refractivity contribution >= 4 is 6.03 Å². The molecule has 4 saturated carbocycles. The summed E-state index contributed by atoms with van der Waals surface area (Å²) in [6.07, 6.45) is 13.1. The van der Waals surface area contributed by atoms with E-state index in [1.807, 2.05) is 0 Å². The summed E-state index contributed by atoms with van der Waals surface area (Å²) in [5.41, 5.74) is 3.47. The van der Waals surface area contributed by atoms with Crippen LogP contribution in [-0.4, -0.2) is 30.1 Å². The molecule has 1 N–H and O–H groups in total. The molecule has 150 valence electrons. The maximum Gasteiger partial charge on any atom is 0.317 e. The molecule has 1 aliphatic heterocycles. The molecule has 4 bridgehead atoms. The number of urea groups is 1. The largest absolute Gasteiger partial charge is 0.335 e. The number of hydrogen-bond donors (Lipinski definition) is 1. The van der Waals surface area contributed by atoms with Crippen molar-refractivity contribution in [2.75, 3.05) is 13.1 Å². The third kappa shape index (κ3) is 2.72. The number of likely N-dealkylation sites (tertiary alicyclic amines) is 1. The van der Waals surface area contributed by atoms with Gasteiger partial charge in [0, 0.05) is 19.1 Å². The number of nitrogens with one attached hydrogen (secondary N) is 1. The van der Waals surface area contributed by atoms with Crippen LogP contribution >= 0.6 is 0 Å². The van der Waals surface area contributed by atoms with Gasteiger partial charge in [0.25, 0.3) is 0 Å². The molecule has 6 aliphatic rings. The number of nitrogens with zero attached hydrogens (tertiary/aromatic N) is 1. The van der Waals surface area contributed by atoms with Crippen molar-refractivity contribution in [3.8, 4) is 0 Å². The highest BCUT2D eigenvalue weighted by molar-refractivity contribution is 5.75. The molecule has 1 saturated heterocycles. The Morgan fingerprint density at radius 1 is 0.929 bits per heavy atom. The van der Waals surface area contributed by atoms with Crippen molar-refractivity contribution in [3.63, 3.8) is 0 Å². The summed E-state index contributed by atoms with van der Waals surface area (Å²) in [5, 5.41) is 3.53. The molecular formula is C25H34N2O. The number of hydrogen-bond acceptors (Lipinski definition) is 1. The van der Waals surface area contributed by atoms with Crippen LogP contribution < -0.4 is 5.32 Å². The van der Waals surface area contributed by atoms with Gasteiger partial charge >= 0.3 is 6.03 Å². The molecule has 5 fully saturated rings. The van der Waals surface area contributed by atoms with Gasteiger partial charge in [0.05, 0.1) is 0 Å². The Morgan fingerprint density at radius 3 is 2.32 bits per heavy atom. The van der Waals surface area contributed by atoms with E-state index in [1.54, 1.807) is 11.1 Å². The third-order valence-electron chi connectivity index (χ3n) is 9.21. The summed E-state index contributed by atoms with van der Waals surface area (Å²) in [7, 11) is 0. The molecule has 0 aromatic heterocycles. The lowest BCUT2D eigenvalue weighted by Gasteiger charge is -2.54. The van der Waals surface area contributed by atoms with Gasteiger partial charge in [0.2, 0.25) is 0 Å². The maximum absolute atomic E-state index is 13.1. The average molecular weight is 379 g/mol. The fraction of sp³-hybridized carbons (Fsp3) is 0.720. The van der Waals surface area contributed by atoms with E-state index in [1.165, 1.54) is 51.4 Å². The van der Waals surface area contributed by atoms with Gasteiger partial charge in [-0.3, -0.25) is 0 Å². The van der Waals surface area contributed by atoms with Crippen LogP contribution in [0.25, 0.3) is 0 Å². The van der Waals surface area contributed by atoms with Crippen molar-refractivity contribution in [3.05, 3.63) is 35.4 Å². The summed E-state index contributed by atoms with van der Waals surface area (Å²) < 4.78 is 0. The Kier molecular flexibility index (Phi) is 4.03. The summed E-state index contributed by atoms with van der Waals surface area (Å²) >= 11 is 0. The first-order valence-electron chi connectivity index (χ1n) is 11.8. The molecule has 0 radical (unpaired) electrons. The number of amides is 2. The second kappa shape index (κ2) is 6.50. The normalized spacial score (nSPS) is 37.7. The van der Waals surface area contributed by atoms with Gasteiger partial charge in [-0.15, -0.1) is 0 Å². The SMILES string of the molecule is O=C(NC1C2CC3CC(C2)CC1C3)N1CCC2(CCCc3ccccc32)CC1. The quantitative estimate of drug-likeness (QED) is 0.741. The van der Waals surface area contributed by atoms with Gasteiger partial charge < -0.3 is 10.2 Å². The number of benzene rings is 1. The molecule has 1 spiro atoms. The predicted molar refractivity (Wildman–Crippen MR) is 111 cm³/mol. The molecule has 7 rings (SSSR count). The van der Waals surface area contributed by atoms with Crippen LogP contribution in [0.5, 0.6) is 0 Å². The minimum atomic E-state index is 0.233. The first-order chi connectivity index (χ1) is 13.7. The van der Waals surface area contributed by atoms with Crippen LogP contribution in [0.15, 0.2) is 24.3 Å². The number of aryl methyl sites for hydroxylation is 1. The molecule has 3 heteroatoms. The summed E-state index contributed by atoms with van der Waals surface area (Å²) in [5.74, 6) is 3.47. The first kappa shape index (κ1) is 17.4. The third-order valence-corrected chi connectivity index (χ3v) is 9.21. The minimum absolute atomic E-state index is 0.233. The Labute approximate surface area is 169 Å². The van der Waals surface area contributed by atoms with E-state index in [4.69, 9.17) is 0 Å². The first-order valence-corrected chi connectivity index (χ1v) is 11.8. The Bertz CT molecular complexity index is 736. The van der Waals surface area contributed by atoms with E-state index in [2.05, 4.69) is 34.5 Å². The van der Waals surface area contributed by atoms with Gasteiger partial charge in [-0.1, -0.05) is 24.3 Å². The predicted octanol–water partition coefficient (Wildman–Crippen LogP) is 4.89. The van der Waals surface area contributed by atoms with Crippen molar-refractivity contribution in [1.29, 1.82) is 0 Å².